The summed E-state index contributed by atoms with van der Waals surface area (Å²) in [6.45, 7) is 4.45. The van der Waals surface area contributed by atoms with E-state index in [1.807, 2.05) is 19.9 Å². The SMILES string of the molecule is CC(C)CC(CNC(=O)COc1cccc(N2CCCC2=O)c1)C(=O)O. The van der Waals surface area contributed by atoms with E-state index < -0.39 is 11.9 Å². The van der Waals surface area contributed by atoms with Gasteiger partial charge >= 0.3 is 5.97 Å². The first-order valence-corrected chi connectivity index (χ1v) is 8.89. The third-order valence-electron chi connectivity index (χ3n) is 4.22. The highest BCUT2D eigenvalue weighted by atomic mass is 16.5. The first kappa shape index (κ1) is 19.8. The van der Waals surface area contributed by atoms with Crippen LogP contribution in [-0.4, -0.2) is 42.6 Å². The molecule has 1 aromatic rings. The van der Waals surface area contributed by atoms with Crippen molar-refractivity contribution in [2.24, 2.45) is 11.8 Å². The quantitative estimate of drug-likeness (QED) is 0.701. The topological polar surface area (TPSA) is 95.9 Å². The van der Waals surface area contributed by atoms with E-state index in [0.717, 1.165) is 12.1 Å². The Kier molecular flexibility index (Phi) is 7.00. The molecule has 1 aliphatic rings. The fourth-order valence-corrected chi connectivity index (χ4v) is 2.94. The van der Waals surface area contributed by atoms with E-state index in [9.17, 15) is 19.5 Å². The van der Waals surface area contributed by atoms with E-state index in [-0.39, 0.29) is 30.9 Å². The Bertz CT molecular complexity index is 659. The molecule has 1 atom stereocenters. The summed E-state index contributed by atoms with van der Waals surface area (Å²) in [5.41, 5.74) is 0.758. The normalized spacial score (nSPS) is 15.2. The number of amides is 2. The van der Waals surface area contributed by atoms with Gasteiger partial charge in [0.2, 0.25) is 5.91 Å². The monoisotopic (exact) mass is 362 g/mol. The van der Waals surface area contributed by atoms with Crippen molar-refractivity contribution in [2.45, 2.75) is 33.1 Å². The third-order valence-corrected chi connectivity index (χ3v) is 4.22. The Hall–Kier alpha value is -2.57. The Labute approximate surface area is 153 Å². The van der Waals surface area contributed by atoms with Crippen molar-refractivity contribution >= 4 is 23.5 Å². The van der Waals surface area contributed by atoms with Crippen LogP contribution in [0.4, 0.5) is 5.69 Å². The molecule has 0 aliphatic carbocycles. The number of benzene rings is 1. The number of nitrogens with one attached hydrogen (secondary N) is 1. The molecule has 0 radical (unpaired) electrons. The Morgan fingerprint density at radius 1 is 1.35 bits per heavy atom. The van der Waals surface area contributed by atoms with Crippen LogP contribution in [0.2, 0.25) is 0 Å². The number of aliphatic carboxylic acids is 1. The Morgan fingerprint density at radius 3 is 2.73 bits per heavy atom. The summed E-state index contributed by atoms with van der Waals surface area (Å²) in [6, 6.07) is 7.06. The van der Waals surface area contributed by atoms with Gasteiger partial charge < -0.3 is 20.1 Å². The number of hydrogen-bond donors (Lipinski definition) is 2. The zero-order valence-electron chi connectivity index (χ0n) is 15.2. The molecule has 142 valence electrons. The largest absolute Gasteiger partial charge is 0.484 e. The molecule has 1 fully saturated rings. The van der Waals surface area contributed by atoms with Crippen molar-refractivity contribution in [3.63, 3.8) is 0 Å². The fraction of sp³-hybridized carbons (Fsp3) is 0.526. The zero-order valence-corrected chi connectivity index (χ0v) is 15.2. The van der Waals surface area contributed by atoms with Crippen molar-refractivity contribution in [3.8, 4) is 5.75 Å². The van der Waals surface area contributed by atoms with E-state index in [4.69, 9.17) is 4.74 Å². The lowest BCUT2D eigenvalue weighted by atomic mass is 9.97. The first-order valence-electron chi connectivity index (χ1n) is 8.89. The van der Waals surface area contributed by atoms with Gasteiger partial charge in [0.1, 0.15) is 5.75 Å². The van der Waals surface area contributed by atoms with Crippen LogP contribution in [0.1, 0.15) is 33.1 Å². The highest BCUT2D eigenvalue weighted by molar-refractivity contribution is 5.95. The second-order valence-electron chi connectivity index (χ2n) is 6.90. The minimum absolute atomic E-state index is 0.0814. The molecule has 0 bridgehead atoms. The van der Waals surface area contributed by atoms with E-state index in [0.29, 0.717) is 25.1 Å². The van der Waals surface area contributed by atoms with Crippen LogP contribution in [-0.2, 0) is 14.4 Å². The molecule has 1 aliphatic heterocycles. The summed E-state index contributed by atoms with van der Waals surface area (Å²) in [4.78, 5) is 36.6. The van der Waals surface area contributed by atoms with Crippen LogP contribution in [0.5, 0.6) is 5.75 Å². The minimum Gasteiger partial charge on any atom is -0.484 e. The molecule has 2 amide bonds. The highest BCUT2D eigenvalue weighted by Crippen LogP contribution is 2.25. The number of carbonyl (C=O) groups excluding carboxylic acids is 2. The number of carboxylic acids is 1. The van der Waals surface area contributed by atoms with Gasteiger partial charge in [0.25, 0.3) is 5.91 Å². The molecule has 1 saturated heterocycles. The van der Waals surface area contributed by atoms with Gasteiger partial charge in [-0.3, -0.25) is 14.4 Å². The lowest BCUT2D eigenvalue weighted by Crippen LogP contribution is -2.36. The number of anilines is 1. The van der Waals surface area contributed by atoms with Crippen LogP contribution < -0.4 is 15.0 Å². The van der Waals surface area contributed by atoms with Gasteiger partial charge in [0, 0.05) is 31.3 Å². The van der Waals surface area contributed by atoms with Crippen LogP contribution in [0.3, 0.4) is 0 Å². The summed E-state index contributed by atoms with van der Waals surface area (Å²) < 4.78 is 5.48. The molecular weight excluding hydrogens is 336 g/mol. The van der Waals surface area contributed by atoms with Crippen molar-refractivity contribution in [1.29, 1.82) is 0 Å². The molecule has 7 nitrogen and oxygen atoms in total. The standard InChI is InChI=1S/C19H26N2O5/c1-13(2)9-14(19(24)25)11-20-17(22)12-26-16-6-3-5-15(10-16)21-8-4-7-18(21)23/h3,5-6,10,13-14H,4,7-9,11-12H2,1-2H3,(H,20,22)(H,24,25). The summed E-state index contributed by atoms with van der Waals surface area (Å²) in [7, 11) is 0. The molecule has 1 aromatic carbocycles. The summed E-state index contributed by atoms with van der Waals surface area (Å²) in [5.74, 6) is -1.08. The molecule has 7 heteroatoms. The van der Waals surface area contributed by atoms with Crippen molar-refractivity contribution < 1.29 is 24.2 Å². The van der Waals surface area contributed by atoms with Gasteiger partial charge in [0.15, 0.2) is 6.61 Å². The van der Waals surface area contributed by atoms with Crippen LogP contribution >= 0.6 is 0 Å². The second-order valence-corrected chi connectivity index (χ2v) is 6.90. The van der Waals surface area contributed by atoms with Gasteiger partial charge in [0.05, 0.1) is 5.92 Å². The minimum atomic E-state index is -0.914. The molecule has 0 saturated carbocycles. The molecule has 2 rings (SSSR count). The van der Waals surface area contributed by atoms with E-state index in [1.54, 1.807) is 23.1 Å². The average molecular weight is 362 g/mol. The van der Waals surface area contributed by atoms with Crippen LogP contribution in [0.15, 0.2) is 24.3 Å². The molecule has 0 spiro atoms. The number of ether oxygens (including phenoxy) is 1. The van der Waals surface area contributed by atoms with Gasteiger partial charge in [-0.2, -0.15) is 0 Å². The maximum absolute atomic E-state index is 11.9. The Balaban J connectivity index is 1.83. The lowest BCUT2D eigenvalue weighted by molar-refractivity contribution is -0.142. The predicted molar refractivity (Wildman–Crippen MR) is 97.1 cm³/mol. The van der Waals surface area contributed by atoms with Gasteiger partial charge in [-0.05, 0) is 30.9 Å². The number of nitrogens with zero attached hydrogens (tertiary/aromatic N) is 1. The maximum atomic E-state index is 11.9. The average Bonchev–Trinajstić information content (AvgIpc) is 3.02. The maximum Gasteiger partial charge on any atom is 0.308 e. The third kappa shape index (κ3) is 5.75. The lowest BCUT2D eigenvalue weighted by Gasteiger charge is -2.17. The molecule has 1 heterocycles. The number of carboxylic acid groups (broad SMARTS) is 1. The molecule has 1 unspecified atom stereocenters. The zero-order chi connectivity index (χ0) is 19.1. The first-order chi connectivity index (χ1) is 12.4. The second kappa shape index (κ2) is 9.22. The van der Waals surface area contributed by atoms with Gasteiger partial charge in [-0.1, -0.05) is 19.9 Å². The van der Waals surface area contributed by atoms with E-state index in [1.165, 1.54) is 0 Å². The number of hydrogen-bond acceptors (Lipinski definition) is 4. The molecule has 0 aromatic heterocycles. The smallest absolute Gasteiger partial charge is 0.308 e. The van der Waals surface area contributed by atoms with Crippen molar-refractivity contribution in [3.05, 3.63) is 24.3 Å². The van der Waals surface area contributed by atoms with Crippen LogP contribution in [0.25, 0.3) is 0 Å². The summed E-state index contributed by atoms with van der Waals surface area (Å²) in [6.07, 6.45) is 1.89. The summed E-state index contributed by atoms with van der Waals surface area (Å²) in [5, 5.41) is 11.8. The summed E-state index contributed by atoms with van der Waals surface area (Å²) >= 11 is 0. The molecular formula is C19H26N2O5. The number of rotatable bonds is 9. The Morgan fingerprint density at radius 2 is 2.12 bits per heavy atom. The van der Waals surface area contributed by atoms with E-state index in [2.05, 4.69) is 5.32 Å². The number of carbonyl (C=O) groups is 3. The molecule has 26 heavy (non-hydrogen) atoms. The van der Waals surface area contributed by atoms with Crippen molar-refractivity contribution in [1.82, 2.24) is 5.32 Å². The van der Waals surface area contributed by atoms with E-state index >= 15 is 0 Å². The van der Waals surface area contributed by atoms with Gasteiger partial charge in [-0.25, -0.2) is 0 Å². The predicted octanol–water partition coefficient (Wildman–Crippen LogP) is 2.06. The highest BCUT2D eigenvalue weighted by Gasteiger charge is 2.22. The fourth-order valence-electron chi connectivity index (χ4n) is 2.94. The van der Waals surface area contributed by atoms with Crippen LogP contribution in [0, 0.1) is 11.8 Å². The van der Waals surface area contributed by atoms with Gasteiger partial charge in [-0.15, -0.1) is 0 Å². The van der Waals surface area contributed by atoms with Crippen molar-refractivity contribution in [2.75, 3.05) is 24.6 Å². The molecule has 2 N–H and O–H groups in total.